The van der Waals surface area contributed by atoms with E-state index < -0.39 is 119 Å². The van der Waals surface area contributed by atoms with Gasteiger partial charge in [0.2, 0.25) is 6.10 Å². The molecule has 0 unspecified atom stereocenters. The van der Waals surface area contributed by atoms with Crippen LogP contribution in [0.2, 0.25) is 0 Å². The number of benzene rings is 4. The van der Waals surface area contributed by atoms with Crippen LogP contribution < -0.4 is 5.32 Å². The summed E-state index contributed by atoms with van der Waals surface area (Å²) in [5.74, 6) is -8.16. The summed E-state index contributed by atoms with van der Waals surface area (Å²) in [6, 6.07) is 28.8. The number of aliphatic hydroxyl groups is 4. The van der Waals surface area contributed by atoms with Crippen molar-refractivity contribution in [3.8, 4) is 0 Å². The molecule has 1 aliphatic heterocycles. The first-order chi connectivity index (χ1) is 37.1. The summed E-state index contributed by atoms with van der Waals surface area (Å²) in [5.41, 5.74) is -6.91. The molecule has 19 heteroatoms. The van der Waals surface area contributed by atoms with E-state index in [1.165, 1.54) is 38.1 Å². The molecule has 1 saturated heterocycles. The molecule has 2 bridgehead atoms. The zero-order valence-electron chi connectivity index (χ0n) is 44.3. The van der Waals surface area contributed by atoms with Crippen LogP contribution in [0.1, 0.15) is 103 Å². The van der Waals surface area contributed by atoms with E-state index in [2.05, 4.69) is 5.32 Å². The SMILES string of the molecule is CC(=O)O[C@H]1C(=O)[C@@]2(C)[C@H]([C@H](OC(=O)c3ccccc3)[C@]3(O)C[C@H](OC(=O)[C@H](OC(=O)c4ccc(CN(CCO)CCO)cc4)[C@@H](NC(=O)c4ccccc4)c4ccccc4)C(C)=C1C3(C)C)[C@]1(OC(C)=O)CO[C@@H]1C[C@@H]2O. The van der Waals surface area contributed by atoms with Gasteiger partial charge in [-0.15, -0.1) is 0 Å². The number of Topliss-reactive ketones (excluding diaryl/α,β-unsaturated/α-hetero) is 1. The molecule has 2 saturated carbocycles. The molecule has 1 amide bonds. The molecule has 0 aromatic heterocycles. The minimum absolute atomic E-state index is 0.00794. The summed E-state index contributed by atoms with van der Waals surface area (Å²) in [6.45, 7) is 8.43. The minimum Gasteiger partial charge on any atom is -0.455 e. The second kappa shape index (κ2) is 23.1. The van der Waals surface area contributed by atoms with E-state index in [4.69, 9.17) is 28.4 Å². The van der Waals surface area contributed by atoms with Gasteiger partial charge < -0.3 is 54.2 Å². The van der Waals surface area contributed by atoms with Crippen molar-refractivity contribution in [1.29, 1.82) is 0 Å². The van der Waals surface area contributed by atoms with Gasteiger partial charge in [0.1, 0.15) is 30.0 Å². The van der Waals surface area contributed by atoms with Gasteiger partial charge in [-0.05, 0) is 72.5 Å². The molecule has 4 aliphatic rings. The largest absolute Gasteiger partial charge is 0.455 e. The number of fused-ring (bicyclic) bond motifs is 5. The van der Waals surface area contributed by atoms with Crippen molar-refractivity contribution in [2.75, 3.05) is 32.9 Å². The highest BCUT2D eigenvalue weighted by Gasteiger charge is 2.78. The normalized spacial score (nSPS) is 27.7. The molecule has 414 valence electrons. The van der Waals surface area contributed by atoms with Crippen LogP contribution in [0.4, 0.5) is 0 Å². The Bertz CT molecular complexity index is 2910. The number of esters is 5. The van der Waals surface area contributed by atoms with Gasteiger partial charge >= 0.3 is 29.8 Å². The lowest BCUT2D eigenvalue weighted by Crippen LogP contribution is -2.82. The van der Waals surface area contributed by atoms with Crippen molar-refractivity contribution in [2.45, 2.75) is 115 Å². The number of ether oxygens (including phenoxy) is 6. The van der Waals surface area contributed by atoms with E-state index in [1.54, 1.807) is 105 Å². The van der Waals surface area contributed by atoms with E-state index in [9.17, 15) is 44.4 Å². The Hall–Kier alpha value is -7.13. The van der Waals surface area contributed by atoms with E-state index in [0.29, 0.717) is 12.1 Å². The van der Waals surface area contributed by atoms with Gasteiger partial charge in [0.05, 0.1) is 48.4 Å². The lowest BCUT2D eigenvalue weighted by atomic mass is 9.44. The van der Waals surface area contributed by atoms with Crippen LogP contribution in [-0.2, 0) is 54.1 Å². The third kappa shape index (κ3) is 10.7. The Kier molecular flexibility index (Phi) is 16.9. The molecule has 11 atom stereocenters. The lowest BCUT2D eigenvalue weighted by Gasteiger charge is -2.67. The predicted molar refractivity (Wildman–Crippen MR) is 277 cm³/mol. The van der Waals surface area contributed by atoms with Crippen LogP contribution >= 0.6 is 0 Å². The van der Waals surface area contributed by atoms with Crippen LogP contribution in [0, 0.1) is 16.7 Å². The molecule has 3 aliphatic carbocycles. The quantitative estimate of drug-likeness (QED) is 0.0525. The van der Waals surface area contributed by atoms with Gasteiger partial charge in [-0.1, -0.05) is 92.7 Å². The molecule has 1 heterocycles. The van der Waals surface area contributed by atoms with Gasteiger partial charge in [0.25, 0.3) is 5.91 Å². The summed E-state index contributed by atoms with van der Waals surface area (Å²) in [6.07, 6.45) is -11.0. The summed E-state index contributed by atoms with van der Waals surface area (Å²) in [4.78, 5) is 103. The summed E-state index contributed by atoms with van der Waals surface area (Å²) in [5, 5.41) is 48.3. The molecule has 0 spiro atoms. The van der Waals surface area contributed by atoms with Crippen LogP contribution in [0.25, 0.3) is 0 Å². The molecule has 8 rings (SSSR count). The van der Waals surface area contributed by atoms with Crippen molar-refractivity contribution >= 4 is 41.5 Å². The summed E-state index contributed by atoms with van der Waals surface area (Å²) < 4.78 is 37.2. The van der Waals surface area contributed by atoms with Crippen molar-refractivity contribution in [3.63, 3.8) is 0 Å². The Labute approximate surface area is 451 Å². The minimum atomic E-state index is -2.50. The third-order valence-corrected chi connectivity index (χ3v) is 16.1. The maximum Gasteiger partial charge on any atom is 0.350 e. The Morgan fingerprint density at radius 3 is 1.88 bits per heavy atom. The predicted octanol–water partition coefficient (Wildman–Crippen LogP) is 4.39. The fraction of sp³-hybridized carbons (Fsp3) is 0.441. The Morgan fingerprint density at radius 2 is 1.33 bits per heavy atom. The Balaban J connectivity index is 1.28. The number of nitrogens with one attached hydrogen (secondary N) is 1. The standard InChI is InChI=1S/C59H66N2O17/c1-34-42(75-55(71)48(46(38-16-10-7-11-17-38)60-52(68)39-18-12-8-13-19-39)76-53(69)41-24-22-37(23-25-41)32-61(26-28-62)27-29-63)31-59(72)51(77-54(70)40-20-14-9-15-21-40)49-57(6,43(66)30-44-58(49,33-73-44)78-36(3)65)50(67)47(74-35(2)64)45(34)56(59,4)5/h7-25,42-44,46-49,51,62-63,66,72H,26-33H2,1-6H3,(H,60,68)/t42-,43-,44+,46-,47+,48+,49-,51-,57+,58-,59+/m0/s1. The Morgan fingerprint density at radius 1 is 0.756 bits per heavy atom. The van der Waals surface area contributed by atoms with Gasteiger partial charge in [-0.25, -0.2) is 14.4 Å². The molecule has 4 aromatic carbocycles. The first kappa shape index (κ1) is 57.1. The fourth-order valence-corrected chi connectivity index (χ4v) is 12.0. The molecule has 0 radical (unpaired) electrons. The number of aliphatic hydroxyl groups excluding tert-OH is 3. The number of nitrogens with zero attached hydrogens (tertiary/aromatic N) is 1. The molecule has 5 N–H and O–H groups in total. The number of hydrogen-bond donors (Lipinski definition) is 5. The second-order valence-corrected chi connectivity index (χ2v) is 21.2. The smallest absolute Gasteiger partial charge is 0.350 e. The van der Waals surface area contributed by atoms with E-state index in [-0.39, 0.29) is 67.2 Å². The van der Waals surface area contributed by atoms with Crippen LogP contribution in [0.3, 0.4) is 0 Å². The van der Waals surface area contributed by atoms with Gasteiger partial charge in [0, 0.05) is 57.3 Å². The monoisotopic (exact) mass is 1070 g/mol. The number of ketones is 1. The molecule has 78 heavy (non-hydrogen) atoms. The van der Waals surface area contributed by atoms with Crippen molar-refractivity contribution in [2.24, 2.45) is 16.7 Å². The van der Waals surface area contributed by atoms with Crippen molar-refractivity contribution in [1.82, 2.24) is 10.2 Å². The number of rotatable bonds is 18. The number of amides is 1. The maximum atomic E-state index is 15.8. The summed E-state index contributed by atoms with van der Waals surface area (Å²) >= 11 is 0. The van der Waals surface area contributed by atoms with Crippen molar-refractivity contribution < 1.29 is 82.4 Å². The van der Waals surface area contributed by atoms with Crippen LogP contribution in [-0.4, -0.2) is 148 Å². The second-order valence-electron chi connectivity index (χ2n) is 21.2. The molecular formula is C59H66N2O17. The average molecular weight is 1080 g/mol. The van der Waals surface area contributed by atoms with Crippen LogP contribution in [0.15, 0.2) is 126 Å². The first-order valence-corrected chi connectivity index (χ1v) is 25.9. The number of carbonyl (C=O) groups is 7. The van der Waals surface area contributed by atoms with Gasteiger partial charge in [0.15, 0.2) is 17.5 Å². The molecular weight excluding hydrogens is 1010 g/mol. The number of carbonyl (C=O) groups excluding carboxylic acids is 7. The van der Waals surface area contributed by atoms with E-state index >= 15 is 9.59 Å². The first-order valence-electron chi connectivity index (χ1n) is 25.9. The average Bonchev–Trinajstić information content (AvgIpc) is 3.31. The zero-order valence-corrected chi connectivity index (χ0v) is 44.3. The lowest BCUT2D eigenvalue weighted by molar-refractivity contribution is -0.346. The van der Waals surface area contributed by atoms with Crippen molar-refractivity contribution in [3.05, 3.63) is 154 Å². The number of hydrogen-bond acceptors (Lipinski definition) is 18. The highest BCUT2D eigenvalue weighted by atomic mass is 16.6. The fourth-order valence-electron chi connectivity index (χ4n) is 12.0. The van der Waals surface area contributed by atoms with Crippen LogP contribution in [0.5, 0.6) is 0 Å². The molecule has 4 aromatic rings. The third-order valence-electron chi connectivity index (χ3n) is 16.1. The van der Waals surface area contributed by atoms with E-state index in [0.717, 1.165) is 19.4 Å². The maximum absolute atomic E-state index is 15.8. The molecule has 19 nitrogen and oxygen atoms in total. The highest BCUT2D eigenvalue weighted by molar-refractivity contribution is 5.97. The highest BCUT2D eigenvalue weighted by Crippen LogP contribution is 2.64. The van der Waals surface area contributed by atoms with Gasteiger partial charge in [-0.2, -0.15) is 0 Å². The topological polar surface area (TPSA) is 271 Å². The van der Waals surface area contributed by atoms with E-state index in [1.807, 2.05) is 4.90 Å². The van der Waals surface area contributed by atoms with Gasteiger partial charge in [-0.3, -0.25) is 24.1 Å². The molecule has 3 fully saturated rings. The summed E-state index contributed by atoms with van der Waals surface area (Å²) in [7, 11) is 0. The zero-order chi connectivity index (χ0) is 56.3.